The Labute approximate surface area is 137 Å². The van der Waals surface area contributed by atoms with E-state index in [2.05, 4.69) is 29.4 Å². The Morgan fingerprint density at radius 2 is 1.96 bits per heavy atom. The summed E-state index contributed by atoms with van der Waals surface area (Å²) in [6.45, 7) is 7.97. The number of nitrogens with one attached hydrogen (secondary N) is 2. The summed E-state index contributed by atoms with van der Waals surface area (Å²) < 4.78 is 0. The van der Waals surface area contributed by atoms with Crippen molar-refractivity contribution in [1.82, 2.24) is 10.2 Å². The number of nitriles is 1. The van der Waals surface area contributed by atoms with E-state index in [0.717, 1.165) is 26.1 Å². The van der Waals surface area contributed by atoms with Crippen molar-refractivity contribution >= 4 is 11.6 Å². The molecule has 6 heteroatoms. The van der Waals surface area contributed by atoms with Crippen LogP contribution in [0.15, 0.2) is 36.0 Å². The molecule has 0 radical (unpaired) electrons. The minimum Gasteiger partial charge on any atom is -0.508 e. The molecular weight excluding hydrogens is 292 g/mol. The molecule has 0 aromatic heterocycles. The molecule has 0 aliphatic rings. The van der Waals surface area contributed by atoms with Gasteiger partial charge in [0.1, 0.15) is 17.4 Å². The van der Waals surface area contributed by atoms with Gasteiger partial charge in [0.15, 0.2) is 0 Å². The molecule has 1 rings (SSSR count). The summed E-state index contributed by atoms with van der Waals surface area (Å²) in [4.78, 5) is 14.3. The monoisotopic (exact) mass is 316 g/mol. The predicted octanol–water partition coefficient (Wildman–Crippen LogP) is 2.06. The van der Waals surface area contributed by atoms with E-state index >= 15 is 0 Å². The lowest BCUT2D eigenvalue weighted by atomic mass is 10.2. The van der Waals surface area contributed by atoms with Crippen LogP contribution in [0.5, 0.6) is 5.75 Å². The molecule has 0 saturated heterocycles. The molecule has 6 nitrogen and oxygen atoms in total. The van der Waals surface area contributed by atoms with Crippen LogP contribution in [0.1, 0.15) is 20.3 Å². The first-order valence-electron chi connectivity index (χ1n) is 7.77. The van der Waals surface area contributed by atoms with E-state index < -0.39 is 5.91 Å². The van der Waals surface area contributed by atoms with Gasteiger partial charge in [0.05, 0.1) is 0 Å². The fourth-order valence-corrected chi connectivity index (χ4v) is 2.01. The summed E-state index contributed by atoms with van der Waals surface area (Å²) in [5, 5.41) is 23.9. The number of benzene rings is 1. The molecule has 0 atom stereocenters. The highest BCUT2D eigenvalue weighted by atomic mass is 16.3. The van der Waals surface area contributed by atoms with E-state index in [9.17, 15) is 9.90 Å². The molecule has 0 unspecified atom stereocenters. The van der Waals surface area contributed by atoms with E-state index in [-0.39, 0.29) is 11.3 Å². The van der Waals surface area contributed by atoms with E-state index in [0.29, 0.717) is 12.2 Å². The van der Waals surface area contributed by atoms with Crippen LogP contribution in [0.3, 0.4) is 0 Å². The van der Waals surface area contributed by atoms with E-state index in [1.165, 1.54) is 18.3 Å². The highest BCUT2D eigenvalue weighted by molar-refractivity contribution is 6.06. The molecular formula is C17H24N4O2. The summed E-state index contributed by atoms with van der Waals surface area (Å²) >= 11 is 0. The first-order chi connectivity index (χ1) is 11.1. The second-order valence-corrected chi connectivity index (χ2v) is 5.01. The highest BCUT2D eigenvalue weighted by Crippen LogP contribution is 2.14. The van der Waals surface area contributed by atoms with E-state index in [4.69, 9.17) is 5.26 Å². The average Bonchev–Trinajstić information content (AvgIpc) is 2.56. The smallest absolute Gasteiger partial charge is 0.267 e. The second-order valence-electron chi connectivity index (χ2n) is 5.01. The first kappa shape index (κ1) is 18.5. The Bertz CT molecular complexity index is 557. The van der Waals surface area contributed by atoms with Gasteiger partial charge in [-0.2, -0.15) is 5.26 Å². The van der Waals surface area contributed by atoms with Crippen LogP contribution in [0.4, 0.5) is 5.69 Å². The molecule has 0 aliphatic carbocycles. The lowest BCUT2D eigenvalue weighted by molar-refractivity contribution is -0.112. The quantitative estimate of drug-likeness (QED) is 0.281. The zero-order chi connectivity index (χ0) is 17.1. The highest BCUT2D eigenvalue weighted by Gasteiger charge is 2.09. The van der Waals surface area contributed by atoms with Gasteiger partial charge in [-0.15, -0.1) is 0 Å². The number of amides is 1. The molecule has 0 heterocycles. The Morgan fingerprint density at radius 1 is 1.30 bits per heavy atom. The third-order valence-electron chi connectivity index (χ3n) is 3.43. The molecule has 124 valence electrons. The number of rotatable bonds is 9. The maximum atomic E-state index is 12.0. The third-order valence-corrected chi connectivity index (χ3v) is 3.43. The second kappa shape index (κ2) is 10.2. The SMILES string of the molecule is CCN(CC)CCCN/C=C(/C#N)C(=O)Nc1ccc(O)cc1. The van der Waals surface area contributed by atoms with Crippen LogP contribution in [-0.2, 0) is 4.79 Å². The summed E-state index contributed by atoms with van der Waals surface area (Å²) in [7, 11) is 0. The minimum absolute atomic E-state index is 0.0147. The van der Waals surface area contributed by atoms with Crippen LogP contribution < -0.4 is 10.6 Å². The Balaban J connectivity index is 2.44. The molecule has 23 heavy (non-hydrogen) atoms. The van der Waals surface area contributed by atoms with Crippen molar-refractivity contribution in [3.05, 3.63) is 36.0 Å². The van der Waals surface area contributed by atoms with Crippen molar-refractivity contribution in [2.75, 3.05) is 31.5 Å². The molecule has 0 spiro atoms. The van der Waals surface area contributed by atoms with Gasteiger partial charge in [0, 0.05) is 18.4 Å². The fourth-order valence-electron chi connectivity index (χ4n) is 2.01. The predicted molar refractivity (Wildman–Crippen MR) is 90.8 cm³/mol. The van der Waals surface area contributed by atoms with E-state index in [1.54, 1.807) is 12.1 Å². The number of phenols is 1. The molecule has 1 amide bonds. The number of phenolic OH excluding ortho intramolecular Hbond substituents is 1. The number of nitrogens with zero attached hydrogens (tertiary/aromatic N) is 2. The van der Waals surface area contributed by atoms with Crippen molar-refractivity contribution in [1.29, 1.82) is 5.26 Å². The number of aromatic hydroxyl groups is 1. The maximum absolute atomic E-state index is 12.0. The molecule has 0 bridgehead atoms. The van der Waals surface area contributed by atoms with Crippen molar-refractivity contribution in [3.8, 4) is 11.8 Å². The molecule has 3 N–H and O–H groups in total. The fraction of sp³-hybridized carbons (Fsp3) is 0.412. The van der Waals surface area contributed by atoms with Gasteiger partial charge in [0.25, 0.3) is 5.91 Å². The van der Waals surface area contributed by atoms with Crippen molar-refractivity contribution in [2.24, 2.45) is 0 Å². The summed E-state index contributed by atoms with van der Waals surface area (Å²) in [6.07, 6.45) is 2.38. The number of anilines is 1. The number of hydrogen-bond donors (Lipinski definition) is 3. The van der Waals surface area contributed by atoms with Gasteiger partial charge in [-0.3, -0.25) is 4.79 Å². The minimum atomic E-state index is -0.477. The molecule has 1 aromatic rings. The zero-order valence-electron chi connectivity index (χ0n) is 13.7. The Hall–Kier alpha value is -2.52. The summed E-state index contributed by atoms with van der Waals surface area (Å²) in [6, 6.07) is 7.96. The zero-order valence-corrected chi connectivity index (χ0v) is 13.7. The summed E-state index contributed by atoms with van der Waals surface area (Å²) in [5.74, 6) is -0.358. The standard InChI is InChI=1S/C17H24N4O2/c1-3-21(4-2)11-5-10-19-13-14(12-18)17(23)20-15-6-8-16(22)9-7-15/h6-9,13,19,22H,3-5,10-11H2,1-2H3,(H,20,23)/b14-13-. The molecule has 0 aliphatic heterocycles. The van der Waals surface area contributed by atoms with Crippen LogP contribution in [0.25, 0.3) is 0 Å². The van der Waals surface area contributed by atoms with Crippen molar-refractivity contribution in [3.63, 3.8) is 0 Å². The Kier molecular flexibility index (Phi) is 8.25. The Morgan fingerprint density at radius 3 is 2.52 bits per heavy atom. The lowest BCUT2D eigenvalue weighted by Gasteiger charge is -2.17. The topological polar surface area (TPSA) is 88.4 Å². The van der Waals surface area contributed by atoms with Gasteiger partial charge in [-0.05, 0) is 50.3 Å². The van der Waals surface area contributed by atoms with Gasteiger partial charge < -0.3 is 20.6 Å². The van der Waals surface area contributed by atoms with Crippen LogP contribution in [0, 0.1) is 11.3 Å². The van der Waals surface area contributed by atoms with Gasteiger partial charge in [-0.25, -0.2) is 0 Å². The third kappa shape index (κ3) is 6.85. The lowest BCUT2D eigenvalue weighted by Crippen LogP contribution is -2.26. The van der Waals surface area contributed by atoms with Gasteiger partial charge in [-0.1, -0.05) is 13.8 Å². The first-order valence-corrected chi connectivity index (χ1v) is 7.77. The van der Waals surface area contributed by atoms with Gasteiger partial charge >= 0.3 is 0 Å². The van der Waals surface area contributed by atoms with Gasteiger partial charge in [0.2, 0.25) is 0 Å². The molecule has 0 saturated carbocycles. The largest absolute Gasteiger partial charge is 0.508 e. The van der Waals surface area contributed by atoms with Crippen molar-refractivity contribution < 1.29 is 9.90 Å². The average molecular weight is 316 g/mol. The number of carbonyl (C=O) groups excluding carboxylic acids is 1. The van der Waals surface area contributed by atoms with Crippen LogP contribution in [0.2, 0.25) is 0 Å². The van der Waals surface area contributed by atoms with Crippen molar-refractivity contribution in [2.45, 2.75) is 20.3 Å². The molecule has 1 aromatic carbocycles. The maximum Gasteiger partial charge on any atom is 0.267 e. The van der Waals surface area contributed by atoms with Crippen LogP contribution in [-0.4, -0.2) is 42.1 Å². The normalized spacial score (nSPS) is 11.1. The van der Waals surface area contributed by atoms with Crippen LogP contribution >= 0.6 is 0 Å². The van der Waals surface area contributed by atoms with E-state index in [1.807, 2.05) is 6.07 Å². The summed E-state index contributed by atoms with van der Waals surface area (Å²) in [5.41, 5.74) is 0.538. The number of carbonyl (C=O) groups is 1. The molecule has 0 fully saturated rings. The number of hydrogen-bond acceptors (Lipinski definition) is 5.